The van der Waals surface area contributed by atoms with Crippen LogP contribution in [-0.2, 0) is 6.42 Å². The molecular weight excluding hydrogens is 360 g/mol. The van der Waals surface area contributed by atoms with Crippen molar-refractivity contribution in [3.8, 4) is 34.1 Å². The number of phenols is 2. The molecule has 0 amide bonds. The molecule has 0 radical (unpaired) electrons. The normalized spacial score (nSPS) is 10.7. The standard InChI is InChI=1S/C22H22O6/c1-12(2)5-7-15-19(26-3)11-20-17(21(15)27-4)10-16(22(25)28-20)14-8-6-13(23)9-18(14)24/h5-6,8-11,23-24H,7H2,1-4H3. The second kappa shape index (κ2) is 7.68. The summed E-state index contributed by atoms with van der Waals surface area (Å²) in [6, 6.07) is 7.31. The van der Waals surface area contributed by atoms with Crippen LogP contribution >= 0.6 is 0 Å². The van der Waals surface area contributed by atoms with Crippen LogP contribution in [0.5, 0.6) is 23.0 Å². The predicted molar refractivity (Wildman–Crippen MR) is 107 cm³/mol. The van der Waals surface area contributed by atoms with Crippen molar-refractivity contribution >= 4 is 11.0 Å². The Morgan fingerprint density at radius 1 is 1.07 bits per heavy atom. The van der Waals surface area contributed by atoms with Gasteiger partial charge in [-0.1, -0.05) is 11.6 Å². The number of rotatable bonds is 5. The highest BCUT2D eigenvalue weighted by Gasteiger charge is 2.19. The summed E-state index contributed by atoms with van der Waals surface area (Å²) in [5, 5.41) is 20.2. The van der Waals surface area contributed by atoms with Gasteiger partial charge in [-0.2, -0.15) is 0 Å². The minimum Gasteiger partial charge on any atom is -0.508 e. The minimum atomic E-state index is -0.616. The SMILES string of the molecule is COc1cc2oc(=O)c(-c3ccc(O)cc3O)cc2c(OC)c1CC=C(C)C. The lowest BCUT2D eigenvalue weighted by Crippen LogP contribution is -2.05. The van der Waals surface area contributed by atoms with E-state index in [0.717, 1.165) is 11.1 Å². The van der Waals surface area contributed by atoms with Crippen molar-refractivity contribution in [3.05, 3.63) is 58.0 Å². The van der Waals surface area contributed by atoms with Crippen LogP contribution in [0.3, 0.4) is 0 Å². The van der Waals surface area contributed by atoms with Crippen LogP contribution in [0.4, 0.5) is 0 Å². The number of allylic oxidation sites excluding steroid dienone is 2. The largest absolute Gasteiger partial charge is 0.508 e. The van der Waals surface area contributed by atoms with Crippen LogP contribution in [0, 0.1) is 0 Å². The average molecular weight is 382 g/mol. The van der Waals surface area contributed by atoms with Crippen molar-refractivity contribution in [2.24, 2.45) is 0 Å². The molecule has 28 heavy (non-hydrogen) atoms. The zero-order valence-electron chi connectivity index (χ0n) is 16.2. The number of hydrogen-bond donors (Lipinski definition) is 2. The highest BCUT2D eigenvalue weighted by atomic mass is 16.5. The van der Waals surface area contributed by atoms with Gasteiger partial charge in [-0.15, -0.1) is 0 Å². The summed E-state index contributed by atoms with van der Waals surface area (Å²) in [5.74, 6) is 0.780. The molecule has 0 aliphatic heterocycles. The van der Waals surface area contributed by atoms with Crippen molar-refractivity contribution in [2.45, 2.75) is 20.3 Å². The number of ether oxygens (including phenoxy) is 2. The summed E-state index contributed by atoms with van der Waals surface area (Å²) in [6.07, 6.45) is 2.64. The molecule has 0 aliphatic rings. The maximum Gasteiger partial charge on any atom is 0.344 e. The van der Waals surface area contributed by atoms with Gasteiger partial charge in [0, 0.05) is 23.3 Å². The summed E-state index contributed by atoms with van der Waals surface area (Å²) in [7, 11) is 3.09. The van der Waals surface area contributed by atoms with Gasteiger partial charge in [-0.25, -0.2) is 4.79 Å². The molecule has 0 bridgehead atoms. The van der Waals surface area contributed by atoms with Crippen LogP contribution in [0.25, 0.3) is 22.1 Å². The Kier molecular flexibility index (Phi) is 5.31. The molecule has 1 heterocycles. The number of phenolic OH excluding ortho intramolecular Hbond substituents is 2. The smallest absolute Gasteiger partial charge is 0.344 e. The van der Waals surface area contributed by atoms with E-state index in [2.05, 4.69) is 6.08 Å². The van der Waals surface area contributed by atoms with Gasteiger partial charge in [0.2, 0.25) is 0 Å². The monoisotopic (exact) mass is 382 g/mol. The fourth-order valence-electron chi connectivity index (χ4n) is 3.10. The van der Waals surface area contributed by atoms with E-state index in [-0.39, 0.29) is 22.6 Å². The van der Waals surface area contributed by atoms with E-state index in [0.29, 0.717) is 28.9 Å². The van der Waals surface area contributed by atoms with Gasteiger partial charge in [0.25, 0.3) is 0 Å². The van der Waals surface area contributed by atoms with Crippen molar-refractivity contribution in [1.29, 1.82) is 0 Å². The third kappa shape index (κ3) is 3.53. The topological polar surface area (TPSA) is 89.1 Å². The maximum atomic E-state index is 12.5. The van der Waals surface area contributed by atoms with Crippen molar-refractivity contribution in [1.82, 2.24) is 0 Å². The summed E-state index contributed by atoms with van der Waals surface area (Å²) in [5.41, 5.74) is 2.11. The second-order valence-corrected chi connectivity index (χ2v) is 6.64. The van der Waals surface area contributed by atoms with Crippen LogP contribution in [0.15, 0.2) is 51.2 Å². The number of hydrogen-bond acceptors (Lipinski definition) is 6. The average Bonchev–Trinajstić information content (AvgIpc) is 2.65. The molecule has 6 nitrogen and oxygen atoms in total. The fraction of sp³-hybridized carbons (Fsp3) is 0.227. The van der Waals surface area contributed by atoms with Gasteiger partial charge in [0.15, 0.2) is 0 Å². The first kappa shape index (κ1) is 19.4. The summed E-state index contributed by atoms with van der Waals surface area (Å²) in [6.45, 7) is 4.01. The molecule has 0 atom stereocenters. The van der Waals surface area contributed by atoms with Gasteiger partial charge in [0.05, 0.1) is 25.2 Å². The molecule has 1 aromatic heterocycles. The molecule has 3 aromatic rings. The predicted octanol–water partition coefficient (Wildman–Crippen LogP) is 4.40. The third-order valence-corrected chi connectivity index (χ3v) is 4.46. The zero-order chi connectivity index (χ0) is 20.4. The van der Waals surface area contributed by atoms with E-state index < -0.39 is 5.63 Å². The Morgan fingerprint density at radius 2 is 1.82 bits per heavy atom. The third-order valence-electron chi connectivity index (χ3n) is 4.46. The van der Waals surface area contributed by atoms with E-state index in [1.54, 1.807) is 26.4 Å². The van der Waals surface area contributed by atoms with Gasteiger partial charge < -0.3 is 24.1 Å². The molecule has 6 heteroatoms. The van der Waals surface area contributed by atoms with Gasteiger partial charge in [0.1, 0.15) is 28.6 Å². The Bertz CT molecular complexity index is 1120. The first-order valence-electron chi connectivity index (χ1n) is 8.73. The van der Waals surface area contributed by atoms with E-state index in [9.17, 15) is 15.0 Å². The highest BCUT2D eigenvalue weighted by molar-refractivity contribution is 5.91. The van der Waals surface area contributed by atoms with E-state index in [1.165, 1.54) is 18.2 Å². The maximum absolute atomic E-state index is 12.5. The number of methoxy groups -OCH3 is 2. The van der Waals surface area contributed by atoms with Crippen molar-refractivity contribution < 1.29 is 24.1 Å². The molecule has 3 rings (SSSR count). The molecule has 0 fully saturated rings. The molecule has 0 spiro atoms. The molecule has 2 aromatic carbocycles. The molecule has 146 valence electrons. The first-order valence-corrected chi connectivity index (χ1v) is 8.73. The number of aromatic hydroxyl groups is 2. The first-order chi connectivity index (χ1) is 13.3. The summed E-state index contributed by atoms with van der Waals surface area (Å²) >= 11 is 0. The molecule has 0 unspecified atom stereocenters. The summed E-state index contributed by atoms with van der Waals surface area (Å²) in [4.78, 5) is 12.5. The lowest BCUT2D eigenvalue weighted by Gasteiger charge is -2.15. The number of benzene rings is 2. The van der Waals surface area contributed by atoms with Crippen LogP contribution in [0.1, 0.15) is 19.4 Å². The Balaban J connectivity index is 2.32. The van der Waals surface area contributed by atoms with E-state index >= 15 is 0 Å². The van der Waals surface area contributed by atoms with E-state index in [4.69, 9.17) is 13.9 Å². The van der Waals surface area contributed by atoms with Crippen LogP contribution in [0.2, 0.25) is 0 Å². The molecule has 0 aliphatic carbocycles. The second-order valence-electron chi connectivity index (χ2n) is 6.64. The molecule has 0 saturated heterocycles. The Hall–Kier alpha value is -3.41. The van der Waals surface area contributed by atoms with Gasteiger partial charge in [-0.3, -0.25) is 0 Å². The van der Waals surface area contributed by atoms with E-state index in [1.807, 2.05) is 13.8 Å². The lowest BCUT2D eigenvalue weighted by molar-refractivity contribution is 0.389. The number of fused-ring (bicyclic) bond motifs is 1. The van der Waals surface area contributed by atoms with Crippen LogP contribution in [-0.4, -0.2) is 24.4 Å². The quantitative estimate of drug-likeness (QED) is 0.502. The Labute approximate surface area is 162 Å². The highest BCUT2D eigenvalue weighted by Crippen LogP contribution is 2.39. The van der Waals surface area contributed by atoms with Gasteiger partial charge in [-0.05, 0) is 38.5 Å². The van der Waals surface area contributed by atoms with Crippen molar-refractivity contribution in [3.63, 3.8) is 0 Å². The summed E-state index contributed by atoms with van der Waals surface area (Å²) < 4.78 is 16.6. The molecular formula is C22H22O6. The van der Waals surface area contributed by atoms with Crippen LogP contribution < -0.4 is 15.1 Å². The molecule has 2 N–H and O–H groups in total. The minimum absolute atomic E-state index is 0.0993. The van der Waals surface area contributed by atoms with Crippen molar-refractivity contribution in [2.75, 3.05) is 14.2 Å². The molecule has 0 saturated carbocycles. The Morgan fingerprint density at radius 3 is 2.43 bits per heavy atom. The van der Waals surface area contributed by atoms with Gasteiger partial charge >= 0.3 is 5.63 Å². The fourth-order valence-corrected chi connectivity index (χ4v) is 3.10. The lowest BCUT2D eigenvalue weighted by atomic mass is 10.0. The zero-order valence-corrected chi connectivity index (χ0v) is 16.2.